The average molecular weight is 634 g/mol. The van der Waals surface area contributed by atoms with Crippen LogP contribution in [0, 0.1) is 30.6 Å². The van der Waals surface area contributed by atoms with Crippen LogP contribution in [0.25, 0.3) is 0 Å². The normalized spacial score (nSPS) is 28.5. The smallest absolute Gasteiger partial charge is 0.260 e. The second-order valence-corrected chi connectivity index (χ2v) is 14.2. The number of ether oxygens (including phenoxy) is 1. The molecule has 7 rings (SSSR count). The van der Waals surface area contributed by atoms with E-state index in [1.165, 1.54) is 12.0 Å². The van der Waals surface area contributed by atoms with Gasteiger partial charge in [-0.15, -0.1) is 0 Å². The number of aromatic hydroxyl groups is 1. The van der Waals surface area contributed by atoms with E-state index in [4.69, 9.17) is 4.74 Å². The number of nitrogens with zero attached hydrogens (tertiary/aromatic N) is 2. The molecule has 0 aromatic heterocycles. The maximum atomic E-state index is 15.1. The summed E-state index contributed by atoms with van der Waals surface area (Å²) in [7, 11) is 1.47. The summed E-state index contributed by atoms with van der Waals surface area (Å²) in [5.74, 6) is -4.32. The van der Waals surface area contributed by atoms with Crippen LogP contribution in [0.3, 0.4) is 0 Å². The highest BCUT2D eigenvalue weighted by Gasteiger charge is 2.70. The number of anilines is 1. The third-order valence-corrected chi connectivity index (χ3v) is 10.6. The standard InChI is InChI=1S/C38H39N3O6/c1-21-11-14-24(15-12-21)39-41-34(44)28-20-27-25(16-17-26-31(27)35(45)40(33(26)43)37(2,3)4)32(22-13-18-30(47-5)29(42)19-22)38(28,36(41)46)23-9-7-6-8-10-23/h6-16,18-19,26-28,31-32,39,42H,17,20H2,1-5H3/t26-,27+,28-,31-,32-,38+/m0/s1. The Hall–Kier alpha value is -4.92. The average Bonchev–Trinajstić information content (AvgIpc) is 3.43. The fourth-order valence-corrected chi connectivity index (χ4v) is 8.67. The van der Waals surface area contributed by atoms with Crippen molar-refractivity contribution in [2.75, 3.05) is 12.5 Å². The highest BCUT2D eigenvalue weighted by molar-refractivity contribution is 6.13. The largest absolute Gasteiger partial charge is 0.504 e. The number of rotatable bonds is 5. The topological polar surface area (TPSA) is 116 Å². The van der Waals surface area contributed by atoms with E-state index < -0.39 is 52.4 Å². The summed E-state index contributed by atoms with van der Waals surface area (Å²) < 4.78 is 5.36. The van der Waals surface area contributed by atoms with Gasteiger partial charge in [-0.25, -0.2) is 0 Å². The molecule has 2 aliphatic heterocycles. The van der Waals surface area contributed by atoms with Gasteiger partial charge in [0.25, 0.3) is 11.8 Å². The maximum Gasteiger partial charge on any atom is 0.260 e. The fraction of sp³-hybridized carbons (Fsp3) is 0.368. The Kier molecular flexibility index (Phi) is 7.07. The molecule has 0 unspecified atom stereocenters. The first-order valence-electron chi connectivity index (χ1n) is 16.1. The Bertz CT molecular complexity index is 1830. The molecule has 0 radical (unpaired) electrons. The van der Waals surface area contributed by atoms with Gasteiger partial charge in [0.1, 0.15) is 0 Å². The number of imide groups is 2. The van der Waals surface area contributed by atoms with Crippen molar-refractivity contribution in [3.05, 3.63) is 101 Å². The summed E-state index contributed by atoms with van der Waals surface area (Å²) in [6.45, 7) is 7.52. The van der Waals surface area contributed by atoms with Crippen LogP contribution in [0.1, 0.15) is 56.2 Å². The molecule has 47 heavy (non-hydrogen) atoms. The lowest BCUT2D eigenvalue weighted by molar-refractivity contribution is -0.146. The van der Waals surface area contributed by atoms with Crippen molar-refractivity contribution in [3.63, 3.8) is 0 Å². The zero-order valence-corrected chi connectivity index (χ0v) is 27.2. The van der Waals surface area contributed by atoms with E-state index in [-0.39, 0.29) is 29.7 Å². The summed E-state index contributed by atoms with van der Waals surface area (Å²) >= 11 is 0. The minimum absolute atomic E-state index is 0.0985. The summed E-state index contributed by atoms with van der Waals surface area (Å²) in [4.78, 5) is 59.1. The molecule has 2 N–H and O–H groups in total. The zero-order valence-electron chi connectivity index (χ0n) is 27.2. The quantitative estimate of drug-likeness (QED) is 0.282. The van der Waals surface area contributed by atoms with Gasteiger partial charge in [0.15, 0.2) is 11.5 Å². The number of nitrogens with one attached hydrogen (secondary N) is 1. The van der Waals surface area contributed by atoms with Crippen molar-refractivity contribution in [2.45, 2.75) is 57.4 Å². The van der Waals surface area contributed by atoms with Crippen LogP contribution in [-0.4, -0.2) is 51.3 Å². The van der Waals surface area contributed by atoms with E-state index in [1.807, 2.05) is 94.4 Å². The van der Waals surface area contributed by atoms with Crippen LogP contribution in [0.15, 0.2) is 84.4 Å². The predicted molar refractivity (Wildman–Crippen MR) is 175 cm³/mol. The number of hydrazine groups is 1. The molecule has 3 fully saturated rings. The van der Waals surface area contributed by atoms with Crippen molar-refractivity contribution in [2.24, 2.45) is 23.7 Å². The molecule has 0 bridgehead atoms. The molecule has 2 heterocycles. The molecular weight excluding hydrogens is 594 g/mol. The van der Waals surface area contributed by atoms with Crippen LogP contribution >= 0.6 is 0 Å². The van der Waals surface area contributed by atoms with Gasteiger partial charge in [0.05, 0.1) is 36.0 Å². The van der Waals surface area contributed by atoms with E-state index >= 15 is 4.79 Å². The van der Waals surface area contributed by atoms with Crippen LogP contribution in [0.5, 0.6) is 11.5 Å². The number of amides is 4. The zero-order chi connectivity index (χ0) is 33.4. The molecule has 9 nitrogen and oxygen atoms in total. The van der Waals surface area contributed by atoms with Crippen LogP contribution in [-0.2, 0) is 24.6 Å². The van der Waals surface area contributed by atoms with Gasteiger partial charge >= 0.3 is 0 Å². The van der Waals surface area contributed by atoms with Gasteiger partial charge in [0, 0.05) is 11.5 Å². The summed E-state index contributed by atoms with van der Waals surface area (Å²) in [6, 6.07) is 21.9. The Labute approximate surface area is 274 Å². The Balaban J connectivity index is 1.45. The van der Waals surface area contributed by atoms with Gasteiger partial charge in [-0.1, -0.05) is 65.7 Å². The summed E-state index contributed by atoms with van der Waals surface area (Å²) in [6.07, 6.45) is 2.58. The van der Waals surface area contributed by atoms with Gasteiger partial charge in [0.2, 0.25) is 11.8 Å². The summed E-state index contributed by atoms with van der Waals surface area (Å²) in [5.41, 5.74) is 4.75. The van der Waals surface area contributed by atoms with Gasteiger partial charge < -0.3 is 9.84 Å². The Morgan fingerprint density at radius 2 is 1.60 bits per heavy atom. The SMILES string of the molecule is COc1ccc([C@H]2C3=CC[C@@H]4C(=O)N(C(C)(C)C)C(=O)[C@@H]4[C@@H]3C[C@H]3C(=O)N(Nc4ccc(C)cc4)C(=O)[C@@]23c2ccccc2)cc1O. The number of hydrogen-bond donors (Lipinski definition) is 2. The lowest BCUT2D eigenvalue weighted by Crippen LogP contribution is -2.53. The van der Waals surface area contributed by atoms with Crippen molar-refractivity contribution in [1.29, 1.82) is 0 Å². The molecule has 0 spiro atoms. The molecule has 4 aliphatic rings. The van der Waals surface area contributed by atoms with Crippen molar-refractivity contribution >= 4 is 29.3 Å². The number of methoxy groups -OCH3 is 1. The first-order chi connectivity index (χ1) is 22.4. The second-order valence-electron chi connectivity index (χ2n) is 14.2. The molecule has 4 amide bonds. The first-order valence-corrected chi connectivity index (χ1v) is 16.1. The molecule has 2 saturated heterocycles. The van der Waals surface area contributed by atoms with Crippen LogP contribution in [0.4, 0.5) is 5.69 Å². The second kappa shape index (κ2) is 10.8. The van der Waals surface area contributed by atoms with Crippen molar-refractivity contribution < 1.29 is 29.0 Å². The highest BCUT2D eigenvalue weighted by Crippen LogP contribution is 2.64. The monoisotopic (exact) mass is 633 g/mol. The van der Waals surface area contributed by atoms with Gasteiger partial charge in [-0.3, -0.25) is 29.5 Å². The number of carbonyl (C=O) groups is 4. The molecule has 9 heteroatoms. The first kappa shape index (κ1) is 30.7. The van der Waals surface area contributed by atoms with Crippen molar-refractivity contribution in [1.82, 2.24) is 9.91 Å². The number of aryl methyl sites for hydroxylation is 1. The lowest BCUT2D eigenvalue weighted by Gasteiger charge is -2.50. The van der Waals surface area contributed by atoms with E-state index in [0.29, 0.717) is 23.2 Å². The predicted octanol–water partition coefficient (Wildman–Crippen LogP) is 5.49. The minimum Gasteiger partial charge on any atom is -0.504 e. The third kappa shape index (κ3) is 4.42. The molecule has 2 aliphatic carbocycles. The third-order valence-electron chi connectivity index (χ3n) is 10.6. The van der Waals surface area contributed by atoms with E-state index in [0.717, 1.165) is 16.1 Å². The van der Waals surface area contributed by atoms with E-state index in [9.17, 15) is 19.5 Å². The van der Waals surface area contributed by atoms with E-state index in [1.54, 1.807) is 12.1 Å². The maximum absolute atomic E-state index is 15.1. The van der Waals surface area contributed by atoms with Gasteiger partial charge in [-0.05, 0) is 81.8 Å². The number of phenolic OH excluding ortho intramolecular Hbond substituents is 1. The molecule has 3 aromatic carbocycles. The molecular formula is C38H39N3O6. The van der Waals surface area contributed by atoms with E-state index in [2.05, 4.69) is 5.43 Å². The number of allylic oxidation sites excluding steroid dienone is 2. The fourth-order valence-electron chi connectivity index (χ4n) is 8.67. The number of likely N-dealkylation sites (tertiary alicyclic amines) is 1. The minimum atomic E-state index is -1.40. The molecule has 1 saturated carbocycles. The Morgan fingerprint density at radius 1 is 0.894 bits per heavy atom. The molecule has 6 atom stereocenters. The molecule has 3 aromatic rings. The number of phenols is 1. The highest BCUT2D eigenvalue weighted by atomic mass is 16.5. The number of hydrogen-bond acceptors (Lipinski definition) is 7. The Morgan fingerprint density at radius 3 is 2.23 bits per heavy atom. The number of carbonyl (C=O) groups excluding carboxylic acids is 4. The molecule has 242 valence electrons. The number of fused-ring (bicyclic) bond motifs is 4. The van der Waals surface area contributed by atoms with Gasteiger partial charge in [-0.2, -0.15) is 5.01 Å². The lowest BCUT2D eigenvalue weighted by atomic mass is 9.49. The van der Waals surface area contributed by atoms with Crippen LogP contribution < -0.4 is 10.2 Å². The number of benzene rings is 3. The summed E-state index contributed by atoms with van der Waals surface area (Å²) in [5, 5.41) is 12.2. The van der Waals surface area contributed by atoms with Crippen LogP contribution in [0.2, 0.25) is 0 Å². The van der Waals surface area contributed by atoms with Crippen molar-refractivity contribution in [3.8, 4) is 11.5 Å².